The summed E-state index contributed by atoms with van der Waals surface area (Å²) in [5, 5.41) is 2.50. The Morgan fingerprint density at radius 1 is 1.80 bits per heavy atom. The molecule has 1 heterocycles. The summed E-state index contributed by atoms with van der Waals surface area (Å²) in [6.45, 7) is 1.36. The van der Waals surface area contributed by atoms with Gasteiger partial charge in [0.05, 0.1) is 6.10 Å². The lowest BCUT2D eigenvalue weighted by molar-refractivity contribution is 0.112. The lowest BCUT2D eigenvalue weighted by atomic mass is 10.2. The first-order chi connectivity index (χ1) is 4.79. The Hall–Kier alpha value is -0.770. The van der Waals surface area contributed by atoms with Gasteiger partial charge in [0.1, 0.15) is 0 Å². The van der Waals surface area contributed by atoms with E-state index >= 15 is 0 Å². The fraction of sp³-hybridized carbons (Fsp3) is 0.833. The van der Waals surface area contributed by atoms with Crippen molar-refractivity contribution >= 4 is 6.03 Å². The minimum Gasteiger partial charge on any atom is -0.376 e. The van der Waals surface area contributed by atoms with Crippen LogP contribution in [0.5, 0.6) is 0 Å². The zero-order valence-electron chi connectivity index (χ0n) is 5.80. The van der Waals surface area contributed by atoms with Crippen LogP contribution >= 0.6 is 0 Å². The molecule has 3 N–H and O–H groups in total. The lowest BCUT2D eigenvalue weighted by Gasteiger charge is -2.07. The molecule has 1 aliphatic rings. The third-order valence-corrected chi connectivity index (χ3v) is 1.53. The van der Waals surface area contributed by atoms with E-state index in [9.17, 15) is 4.79 Å². The van der Waals surface area contributed by atoms with Crippen LogP contribution in [0.4, 0.5) is 4.79 Å². The summed E-state index contributed by atoms with van der Waals surface area (Å²) >= 11 is 0. The van der Waals surface area contributed by atoms with Gasteiger partial charge in [0, 0.05) is 13.2 Å². The topological polar surface area (TPSA) is 64.4 Å². The first-order valence-corrected chi connectivity index (χ1v) is 3.44. The van der Waals surface area contributed by atoms with E-state index in [2.05, 4.69) is 5.32 Å². The fourth-order valence-electron chi connectivity index (χ4n) is 1.02. The highest BCUT2D eigenvalue weighted by Gasteiger charge is 2.14. The molecule has 0 saturated carbocycles. The Labute approximate surface area is 59.7 Å². The van der Waals surface area contributed by atoms with Gasteiger partial charge in [-0.25, -0.2) is 4.79 Å². The maximum Gasteiger partial charge on any atom is 0.312 e. The van der Waals surface area contributed by atoms with E-state index in [1.165, 1.54) is 0 Å². The Kier molecular flexibility index (Phi) is 2.50. The number of nitrogens with two attached hydrogens (primary N) is 1. The largest absolute Gasteiger partial charge is 0.376 e. The van der Waals surface area contributed by atoms with Crippen LogP contribution in [0.25, 0.3) is 0 Å². The second kappa shape index (κ2) is 3.41. The summed E-state index contributed by atoms with van der Waals surface area (Å²) in [6.07, 6.45) is 2.30. The van der Waals surface area contributed by atoms with E-state index in [1.807, 2.05) is 0 Å². The second-order valence-electron chi connectivity index (χ2n) is 2.38. The molecular weight excluding hydrogens is 132 g/mol. The van der Waals surface area contributed by atoms with E-state index in [4.69, 9.17) is 10.5 Å². The molecule has 1 fully saturated rings. The predicted molar refractivity (Wildman–Crippen MR) is 36.6 cm³/mol. The molecule has 0 aromatic carbocycles. The summed E-state index contributed by atoms with van der Waals surface area (Å²) in [6, 6.07) is -0.476. The van der Waals surface area contributed by atoms with Crippen molar-refractivity contribution < 1.29 is 9.53 Å². The summed E-state index contributed by atoms with van der Waals surface area (Å²) in [5.41, 5.74) is 4.86. The summed E-state index contributed by atoms with van der Waals surface area (Å²) in [5.74, 6) is 0. The van der Waals surface area contributed by atoms with Crippen LogP contribution < -0.4 is 11.1 Å². The first-order valence-electron chi connectivity index (χ1n) is 3.44. The van der Waals surface area contributed by atoms with Crippen LogP contribution in [0.1, 0.15) is 12.8 Å². The number of ether oxygens (including phenoxy) is 1. The summed E-state index contributed by atoms with van der Waals surface area (Å²) in [4.78, 5) is 10.2. The molecule has 58 valence electrons. The minimum absolute atomic E-state index is 0.187. The van der Waals surface area contributed by atoms with Crippen LogP contribution in [0.2, 0.25) is 0 Å². The number of hydrogen-bond donors (Lipinski definition) is 2. The van der Waals surface area contributed by atoms with E-state index in [1.54, 1.807) is 0 Å². The molecular formula is C6H12N2O2. The number of primary amides is 1. The van der Waals surface area contributed by atoms with Gasteiger partial charge in [-0.05, 0) is 12.8 Å². The van der Waals surface area contributed by atoms with Gasteiger partial charge in [-0.1, -0.05) is 0 Å². The van der Waals surface area contributed by atoms with Crippen molar-refractivity contribution in [1.29, 1.82) is 0 Å². The molecule has 0 aromatic heterocycles. The van der Waals surface area contributed by atoms with Gasteiger partial charge in [-0.2, -0.15) is 0 Å². The van der Waals surface area contributed by atoms with E-state index in [-0.39, 0.29) is 6.10 Å². The maximum atomic E-state index is 10.2. The third-order valence-electron chi connectivity index (χ3n) is 1.53. The molecule has 0 bridgehead atoms. The fourth-order valence-corrected chi connectivity index (χ4v) is 1.02. The minimum atomic E-state index is -0.476. The van der Waals surface area contributed by atoms with Gasteiger partial charge >= 0.3 is 6.03 Å². The smallest absolute Gasteiger partial charge is 0.312 e. The number of carbonyl (C=O) groups excluding carboxylic acids is 1. The molecule has 1 aliphatic heterocycles. The standard InChI is InChI=1S/C6H12N2O2/c7-6(9)8-4-5-2-1-3-10-5/h5H,1-4H2,(H3,7,8,9)/t5-/m1/s1. The van der Waals surface area contributed by atoms with E-state index in [0.29, 0.717) is 6.54 Å². The highest BCUT2D eigenvalue weighted by atomic mass is 16.5. The SMILES string of the molecule is NC(=O)NC[C@H]1CCCO1. The molecule has 10 heavy (non-hydrogen) atoms. The molecule has 0 aliphatic carbocycles. The van der Waals surface area contributed by atoms with Gasteiger partial charge in [0.15, 0.2) is 0 Å². The Balaban J connectivity index is 2.07. The predicted octanol–water partition coefficient (Wildman–Crippen LogP) is -0.166. The number of amides is 2. The average molecular weight is 144 g/mol. The zero-order valence-corrected chi connectivity index (χ0v) is 5.80. The molecule has 0 unspecified atom stereocenters. The number of hydrogen-bond acceptors (Lipinski definition) is 2. The summed E-state index contributed by atoms with van der Waals surface area (Å²) < 4.78 is 5.23. The highest BCUT2D eigenvalue weighted by molar-refractivity contribution is 5.71. The van der Waals surface area contributed by atoms with Crippen LogP contribution in [-0.4, -0.2) is 25.3 Å². The van der Waals surface area contributed by atoms with Crippen molar-refractivity contribution in [2.45, 2.75) is 18.9 Å². The number of urea groups is 1. The van der Waals surface area contributed by atoms with Crippen molar-refractivity contribution in [3.05, 3.63) is 0 Å². The van der Waals surface area contributed by atoms with Crippen molar-refractivity contribution in [3.63, 3.8) is 0 Å². The molecule has 0 aromatic rings. The monoisotopic (exact) mass is 144 g/mol. The lowest BCUT2D eigenvalue weighted by Crippen LogP contribution is -2.35. The molecule has 1 saturated heterocycles. The molecule has 0 spiro atoms. The Bertz CT molecular complexity index is 121. The molecule has 0 radical (unpaired) electrons. The van der Waals surface area contributed by atoms with Crippen molar-refractivity contribution in [2.75, 3.05) is 13.2 Å². The number of nitrogens with one attached hydrogen (secondary N) is 1. The van der Waals surface area contributed by atoms with Crippen molar-refractivity contribution in [1.82, 2.24) is 5.32 Å². The normalized spacial score (nSPS) is 24.6. The number of carbonyl (C=O) groups is 1. The molecule has 2 amide bonds. The highest BCUT2D eigenvalue weighted by Crippen LogP contribution is 2.10. The van der Waals surface area contributed by atoms with Gasteiger partial charge in [0.25, 0.3) is 0 Å². The van der Waals surface area contributed by atoms with Gasteiger partial charge < -0.3 is 15.8 Å². The zero-order chi connectivity index (χ0) is 7.40. The van der Waals surface area contributed by atoms with Crippen LogP contribution in [0, 0.1) is 0 Å². The first kappa shape index (κ1) is 7.34. The molecule has 4 nitrogen and oxygen atoms in total. The van der Waals surface area contributed by atoms with E-state index < -0.39 is 6.03 Å². The van der Waals surface area contributed by atoms with Gasteiger partial charge in [-0.3, -0.25) is 0 Å². The average Bonchev–Trinajstić information content (AvgIpc) is 2.34. The van der Waals surface area contributed by atoms with Crippen molar-refractivity contribution in [3.8, 4) is 0 Å². The Morgan fingerprint density at radius 2 is 2.60 bits per heavy atom. The quantitative estimate of drug-likeness (QED) is 0.565. The molecule has 1 rings (SSSR count). The molecule has 4 heteroatoms. The Morgan fingerprint density at radius 3 is 3.10 bits per heavy atom. The second-order valence-corrected chi connectivity index (χ2v) is 2.38. The van der Waals surface area contributed by atoms with Gasteiger partial charge in [-0.15, -0.1) is 0 Å². The third kappa shape index (κ3) is 2.23. The number of rotatable bonds is 2. The van der Waals surface area contributed by atoms with E-state index in [0.717, 1.165) is 19.4 Å². The van der Waals surface area contributed by atoms with Crippen LogP contribution in [-0.2, 0) is 4.74 Å². The van der Waals surface area contributed by atoms with Crippen LogP contribution in [0.3, 0.4) is 0 Å². The molecule has 1 atom stereocenters. The van der Waals surface area contributed by atoms with Gasteiger partial charge in [0.2, 0.25) is 0 Å². The van der Waals surface area contributed by atoms with Crippen LogP contribution in [0.15, 0.2) is 0 Å². The maximum absolute atomic E-state index is 10.2. The summed E-state index contributed by atoms with van der Waals surface area (Å²) in [7, 11) is 0. The van der Waals surface area contributed by atoms with Crippen molar-refractivity contribution in [2.24, 2.45) is 5.73 Å².